The topological polar surface area (TPSA) is 64.3 Å². The van der Waals surface area contributed by atoms with E-state index in [2.05, 4.69) is 5.32 Å². The number of thiophene rings is 1. The van der Waals surface area contributed by atoms with Gasteiger partial charge in [0.15, 0.2) is 11.5 Å². The van der Waals surface area contributed by atoms with Gasteiger partial charge in [-0.05, 0) is 0 Å². The molecule has 0 saturated heterocycles. The van der Waals surface area contributed by atoms with E-state index >= 15 is 0 Å². The van der Waals surface area contributed by atoms with Crippen molar-refractivity contribution in [3.8, 4) is 5.75 Å². The van der Waals surface area contributed by atoms with E-state index in [9.17, 15) is 13.6 Å². The average Bonchev–Trinajstić information content (AvgIpc) is 2.61. The number of Topliss-reactive ketones (excluding diaryl/α,β-unsaturated/α-hetero) is 1. The van der Waals surface area contributed by atoms with Crippen molar-refractivity contribution in [3.05, 3.63) is 4.88 Å². The van der Waals surface area contributed by atoms with Crippen LogP contribution in [0.3, 0.4) is 0 Å². The third-order valence-electron chi connectivity index (χ3n) is 2.27. The Morgan fingerprint density at radius 2 is 2.11 bits per heavy atom. The van der Waals surface area contributed by atoms with Gasteiger partial charge in [0.1, 0.15) is 5.00 Å². The molecule has 3 N–H and O–H groups in total. The van der Waals surface area contributed by atoms with E-state index < -0.39 is 13.0 Å². The molecule has 1 heterocycles. The maximum Gasteiger partial charge on any atom is 0.255 e. The van der Waals surface area contributed by atoms with Crippen LogP contribution < -0.4 is 15.8 Å². The van der Waals surface area contributed by atoms with Gasteiger partial charge >= 0.3 is 0 Å². The number of halogens is 2. The summed E-state index contributed by atoms with van der Waals surface area (Å²) in [6.45, 7) is 2.99. The lowest BCUT2D eigenvalue weighted by atomic mass is 10.1. The predicted molar refractivity (Wildman–Crippen MR) is 68.9 cm³/mol. The van der Waals surface area contributed by atoms with Crippen molar-refractivity contribution < 1.29 is 18.3 Å². The van der Waals surface area contributed by atoms with Crippen LogP contribution in [0, 0.1) is 5.92 Å². The molecule has 0 aliphatic rings. The molecule has 0 radical (unpaired) electrons. The first-order chi connectivity index (χ1) is 8.38. The summed E-state index contributed by atoms with van der Waals surface area (Å²) in [5, 5.41) is 2.89. The third-order valence-corrected chi connectivity index (χ3v) is 3.43. The summed E-state index contributed by atoms with van der Waals surface area (Å²) in [7, 11) is 1.38. The summed E-state index contributed by atoms with van der Waals surface area (Å²) in [5.74, 6) is -0.0795. The highest BCUT2D eigenvalue weighted by atomic mass is 32.1. The largest absolute Gasteiger partial charge is 0.492 e. The minimum absolute atomic E-state index is 0.124. The first-order valence-electron chi connectivity index (χ1n) is 5.41. The highest BCUT2D eigenvalue weighted by Gasteiger charge is 2.23. The number of hydrogen-bond donors (Lipinski definition) is 2. The average molecular weight is 278 g/mol. The van der Waals surface area contributed by atoms with Gasteiger partial charge in [-0.15, -0.1) is 11.3 Å². The van der Waals surface area contributed by atoms with Crippen LogP contribution in [-0.2, 0) is 0 Å². The fourth-order valence-electron chi connectivity index (χ4n) is 1.36. The fourth-order valence-corrected chi connectivity index (χ4v) is 2.55. The van der Waals surface area contributed by atoms with E-state index in [1.165, 1.54) is 7.11 Å². The van der Waals surface area contributed by atoms with Crippen LogP contribution in [0.25, 0.3) is 0 Å². The minimum atomic E-state index is -2.48. The highest BCUT2D eigenvalue weighted by Crippen LogP contribution is 2.43. The van der Waals surface area contributed by atoms with E-state index in [0.717, 1.165) is 11.3 Å². The summed E-state index contributed by atoms with van der Waals surface area (Å²) < 4.78 is 29.4. The quantitative estimate of drug-likeness (QED) is 0.785. The summed E-state index contributed by atoms with van der Waals surface area (Å²) in [4.78, 5) is 12.2. The second kappa shape index (κ2) is 5.99. The number of hydrogen-bond acceptors (Lipinski definition) is 5. The van der Waals surface area contributed by atoms with Gasteiger partial charge in [0.2, 0.25) is 0 Å². The van der Waals surface area contributed by atoms with Crippen molar-refractivity contribution in [1.29, 1.82) is 0 Å². The Hall–Kier alpha value is -1.37. The Kier molecular flexibility index (Phi) is 4.89. The molecule has 0 aliphatic heterocycles. The molecule has 0 aliphatic carbocycles. The lowest BCUT2D eigenvalue weighted by Gasteiger charge is -2.05. The summed E-state index contributed by atoms with van der Waals surface area (Å²) in [5.41, 5.74) is 6.00. The van der Waals surface area contributed by atoms with Gasteiger partial charge in [0.25, 0.3) is 6.43 Å². The third kappa shape index (κ3) is 3.10. The summed E-state index contributed by atoms with van der Waals surface area (Å²) >= 11 is 1.05. The molecule has 0 saturated carbocycles. The van der Waals surface area contributed by atoms with Gasteiger partial charge in [0.05, 0.1) is 24.2 Å². The zero-order chi connectivity index (χ0) is 13.9. The van der Waals surface area contributed by atoms with Crippen molar-refractivity contribution in [1.82, 2.24) is 0 Å². The molecule has 0 unspecified atom stereocenters. The van der Waals surface area contributed by atoms with E-state index in [1.807, 2.05) is 0 Å². The van der Waals surface area contributed by atoms with Crippen LogP contribution in [0.2, 0.25) is 0 Å². The van der Waals surface area contributed by atoms with Gasteiger partial charge in [-0.1, -0.05) is 13.8 Å². The molecule has 102 valence electrons. The molecule has 1 rings (SSSR count). The Morgan fingerprint density at radius 1 is 1.50 bits per heavy atom. The smallest absolute Gasteiger partial charge is 0.255 e. The number of carbonyl (C=O) groups excluding carboxylic acids is 1. The number of ketones is 1. The van der Waals surface area contributed by atoms with E-state index in [-0.39, 0.29) is 23.1 Å². The Bertz CT molecular complexity index is 433. The molecule has 0 fully saturated rings. The highest BCUT2D eigenvalue weighted by molar-refractivity contribution is 7.19. The van der Waals surface area contributed by atoms with Crippen LogP contribution in [-0.4, -0.2) is 25.9 Å². The normalized spacial score (nSPS) is 11.1. The summed E-state index contributed by atoms with van der Waals surface area (Å²) in [6.07, 6.45) is -2.48. The van der Waals surface area contributed by atoms with Crippen LogP contribution in [0.5, 0.6) is 5.75 Å². The Labute approximate surface area is 108 Å². The summed E-state index contributed by atoms with van der Waals surface area (Å²) in [6, 6.07) is 0. The number of carbonyl (C=O) groups is 1. The molecule has 0 amide bonds. The number of ether oxygens (including phenoxy) is 1. The van der Waals surface area contributed by atoms with Gasteiger partial charge in [-0.3, -0.25) is 4.79 Å². The number of rotatable bonds is 6. The second-order valence-electron chi connectivity index (χ2n) is 4.00. The first kappa shape index (κ1) is 14.7. The fraction of sp³-hybridized carbons (Fsp3) is 0.545. The molecule has 7 heteroatoms. The Balaban J connectivity index is 3.05. The van der Waals surface area contributed by atoms with Gasteiger partial charge in [0, 0.05) is 5.92 Å². The SMILES string of the molecule is COc1c(NCC(F)F)sc(C(=O)C(C)C)c1N. The first-order valence-corrected chi connectivity index (χ1v) is 6.22. The van der Waals surface area contributed by atoms with Crippen LogP contribution in [0.4, 0.5) is 19.5 Å². The number of nitrogen functional groups attached to an aromatic ring is 1. The van der Waals surface area contributed by atoms with Crippen LogP contribution in [0.1, 0.15) is 23.5 Å². The standard InChI is InChI=1S/C11H16F2N2O2S/c1-5(2)8(16)10-7(14)9(17-3)11(18-10)15-4-6(12)13/h5-6,15H,4,14H2,1-3H3. The number of alkyl halides is 2. The Morgan fingerprint density at radius 3 is 2.56 bits per heavy atom. The molecule has 1 aromatic rings. The molecule has 1 aromatic heterocycles. The molecular weight excluding hydrogens is 262 g/mol. The molecule has 0 aromatic carbocycles. The van der Waals surface area contributed by atoms with E-state index in [0.29, 0.717) is 9.88 Å². The van der Waals surface area contributed by atoms with E-state index in [1.54, 1.807) is 13.8 Å². The maximum atomic E-state index is 12.2. The number of nitrogens with one attached hydrogen (secondary N) is 1. The molecule has 18 heavy (non-hydrogen) atoms. The van der Waals surface area contributed by atoms with Gasteiger partial charge < -0.3 is 15.8 Å². The monoisotopic (exact) mass is 278 g/mol. The zero-order valence-corrected chi connectivity index (χ0v) is 11.2. The maximum absolute atomic E-state index is 12.2. The second-order valence-corrected chi connectivity index (χ2v) is 5.02. The minimum Gasteiger partial charge on any atom is -0.492 e. The predicted octanol–water partition coefficient (Wildman–Crippen LogP) is 2.85. The van der Waals surface area contributed by atoms with Gasteiger partial charge in [-0.2, -0.15) is 0 Å². The van der Waals surface area contributed by atoms with Crippen molar-refractivity contribution in [2.24, 2.45) is 5.92 Å². The zero-order valence-electron chi connectivity index (χ0n) is 10.4. The van der Waals surface area contributed by atoms with E-state index in [4.69, 9.17) is 10.5 Å². The molecular formula is C11H16F2N2O2S. The molecule has 0 bridgehead atoms. The lowest BCUT2D eigenvalue weighted by Crippen LogP contribution is -2.09. The van der Waals surface area contributed by atoms with Crippen molar-refractivity contribution in [3.63, 3.8) is 0 Å². The van der Waals surface area contributed by atoms with Gasteiger partial charge in [-0.25, -0.2) is 8.78 Å². The van der Waals surface area contributed by atoms with Crippen LogP contribution >= 0.6 is 11.3 Å². The van der Waals surface area contributed by atoms with Crippen molar-refractivity contribution in [2.45, 2.75) is 20.3 Å². The number of methoxy groups -OCH3 is 1. The lowest BCUT2D eigenvalue weighted by molar-refractivity contribution is 0.0944. The number of anilines is 2. The molecule has 4 nitrogen and oxygen atoms in total. The van der Waals surface area contributed by atoms with Crippen molar-refractivity contribution in [2.75, 3.05) is 24.7 Å². The van der Waals surface area contributed by atoms with Crippen LogP contribution in [0.15, 0.2) is 0 Å². The number of nitrogens with two attached hydrogens (primary N) is 1. The molecule has 0 spiro atoms. The molecule has 0 atom stereocenters. The van der Waals surface area contributed by atoms with Crippen molar-refractivity contribution >= 4 is 27.8 Å².